The minimum Gasteiger partial charge on any atom is -0.278 e. The molecule has 2 atom stereocenters. The van der Waals surface area contributed by atoms with Gasteiger partial charge in [0.15, 0.2) is 0 Å². The van der Waals surface area contributed by atoms with Crippen LogP contribution in [0.1, 0.15) is 33.7 Å². The number of aromatic nitrogens is 1. The summed E-state index contributed by atoms with van der Waals surface area (Å²) in [7, 11) is 0. The summed E-state index contributed by atoms with van der Waals surface area (Å²) in [5.41, 5.74) is 8.36. The lowest BCUT2D eigenvalue weighted by Gasteiger charge is -2.52. The van der Waals surface area contributed by atoms with Gasteiger partial charge in [-0.2, -0.15) is 5.10 Å². The Kier molecular flexibility index (Phi) is 5.06. The average molecular weight is 541 g/mol. The van der Waals surface area contributed by atoms with Gasteiger partial charge in [0.1, 0.15) is 0 Å². The Labute approximate surface area is 235 Å². The van der Waals surface area contributed by atoms with Gasteiger partial charge in [-0.1, -0.05) is 102 Å². The SMILES string of the molecule is O=C1C2C3c4ccccc4C(/C=N/Nc4nc5ccccc5s4)(c4ccccc43)C2C(=O)N1Cc1ccccc1. The summed E-state index contributed by atoms with van der Waals surface area (Å²) >= 11 is 1.53. The number of nitrogens with zero attached hydrogens (tertiary/aromatic N) is 3. The first-order valence-corrected chi connectivity index (χ1v) is 14.2. The molecule has 1 saturated heterocycles. The number of fused-ring (bicyclic) bond motifs is 1. The van der Waals surface area contributed by atoms with E-state index in [0.29, 0.717) is 5.13 Å². The average Bonchev–Trinajstić information content (AvgIpc) is 3.52. The molecule has 1 fully saturated rings. The molecule has 7 heteroatoms. The number of likely N-dealkylation sites (tertiary alicyclic amines) is 1. The normalized spacial score (nSPS) is 24.4. The van der Waals surface area contributed by atoms with Gasteiger partial charge in [-0.15, -0.1) is 0 Å². The predicted octanol–water partition coefficient (Wildman–Crippen LogP) is 5.94. The van der Waals surface area contributed by atoms with Gasteiger partial charge >= 0.3 is 0 Å². The van der Waals surface area contributed by atoms with Gasteiger partial charge in [-0.05, 0) is 39.9 Å². The van der Waals surface area contributed by atoms with Crippen LogP contribution in [0.2, 0.25) is 0 Å². The first kappa shape index (κ1) is 23.3. The van der Waals surface area contributed by atoms with E-state index in [-0.39, 0.29) is 24.3 Å². The summed E-state index contributed by atoms with van der Waals surface area (Å²) in [5.74, 6) is -1.50. The van der Waals surface area contributed by atoms with E-state index in [4.69, 9.17) is 5.10 Å². The first-order valence-electron chi connectivity index (χ1n) is 13.4. The second-order valence-corrected chi connectivity index (χ2v) is 11.7. The van der Waals surface area contributed by atoms with Crippen molar-refractivity contribution in [2.24, 2.45) is 16.9 Å². The Balaban J connectivity index is 1.28. The number of thiazole rings is 1. The van der Waals surface area contributed by atoms with Crippen LogP contribution in [0.3, 0.4) is 0 Å². The van der Waals surface area contributed by atoms with Crippen LogP contribution in [0.4, 0.5) is 5.13 Å². The summed E-state index contributed by atoms with van der Waals surface area (Å²) in [6, 6.07) is 34.1. The lowest BCUT2D eigenvalue weighted by molar-refractivity contribution is -0.140. The third-order valence-corrected chi connectivity index (χ3v) is 9.62. The highest BCUT2D eigenvalue weighted by Crippen LogP contribution is 2.63. The monoisotopic (exact) mass is 540 g/mol. The number of imide groups is 1. The molecule has 2 amide bonds. The number of hydrogen-bond donors (Lipinski definition) is 1. The summed E-state index contributed by atoms with van der Waals surface area (Å²) < 4.78 is 1.07. The molecule has 4 aromatic carbocycles. The molecule has 4 aliphatic rings. The largest absolute Gasteiger partial charge is 0.278 e. The molecule has 40 heavy (non-hydrogen) atoms. The fourth-order valence-corrected chi connectivity index (χ4v) is 7.96. The number of nitrogens with one attached hydrogen (secondary N) is 1. The zero-order valence-electron chi connectivity index (χ0n) is 21.4. The molecule has 2 unspecified atom stereocenters. The number of hydrogen-bond acceptors (Lipinski definition) is 6. The zero-order chi connectivity index (χ0) is 26.8. The van der Waals surface area contributed by atoms with E-state index in [9.17, 15) is 9.59 Å². The molecule has 2 heterocycles. The van der Waals surface area contributed by atoms with E-state index in [1.54, 1.807) is 0 Å². The van der Waals surface area contributed by atoms with E-state index in [1.807, 2.05) is 85.1 Å². The van der Waals surface area contributed by atoms with Crippen molar-refractivity contribution in [3.63, 3.8) is 0 Å². The van der Waals surface area contributed by atoms with E-state index in [1.165, 1.54) is 16.2 Å². The molecule has 3 aliphatic carbocycles. The Morgan fingerprint density at radius 3 is 2.20 bits per heavy atom. The van der Waals surface area contributed by atoms with Crippen LogP contribution >= 0.6 is 11.3 Å². The molecular weight excluding hydrogens is 516 g/mol. The highest BCUT2D eigenvalue weighted by atomic mass is 32.1. The second kappa shape index (κ2) is 8.69. The van der Waals surface area contributed by atoms with E-state index in [2.05, 4.69) is 34.7 Å². The van der Waals surface area contributed by atoms with Crippen molar-refractivity contribution in [3.8, 4) is 0 Å². The second-order valence-electron chi connectivity index (χ2n) is 10.6. The summed E-state index contributed by atoms with van der Waals surface area (Å²) in [6.45, 7) is 0.266. The Morgan fingerprint density at radius 2 is 1.48 bits per heavy atom. The predicted molar refractivity (Wildman–Crippen MR) is 156 cm³/mol. The van der Waals surface area contributed by atoms with Crippen LogP contribution < -0.4 is 5.43 Å². The van der Waals surface area contributed by atoms with E-state index in [0.717, 1.165) is 38.0 Å². The van der Waals surface area contributed by atoms with Crippen LogP contribution in [0.25, 0.3) is 10.2 Å². The van der Waals surface area contributed by atoms with Gasteiger partial charge in [0.2, 0.25) is 16.9 Å². The molecule has 194 valence electrons. The number of para-hydroxylation sites is 1. The van der Waals surface area contributed by atoms with Crippen LogP contribution in [-0.2, 0) is 21.5 Å². The number of amides is 2. The van der Waals surface area contributed by atoms with Crippen LogP contribution in [0, 0.1) is 11.8 Å². The zero-order valence-corrected chi connectivity index (χ0v) is 22.2. The number of carbonyl (C=O) groups excluding carboxylic acids is 2. The molecule has 1 aliphatic heterocycles. The minimum atomic E-state index is -0.894. The van der Waals surface area contributed by atoms with Crippen LogP contribution in [0.5, 0.6) is 0 Å². The maximum atomic E-state index is 14.3. The highest BCUT2D eigenvalue weighted by Gasteiger charge is 2.67. The van der Waals surface area contributed by atoms with Gasteiger partial charge in [0.05, 0.1) is 34.0 Å². The van der Waals surface area contributed by atoms with Crippen molar-refractivity contribution in [2.45, 2.75) is 17.9 Å². The van der Waals surface area contributed by atoms with Gasteiger partial charge in [-0.25, -0.2) is 4.98 Å². The smallest absolute Gasteiger partial charge is 0.235 e. The summed E-state index contributed by atoms with van der Waals surface area (Å²) in [5, 5.41) is 5.42. The molecule has 9 rings (SSSR count). The maximum Gasteiger partial charge on any atom is 0.235 e. The third kappa shape index (κ3) is 3.15. The summed E-state index contributed by atoms with van der Waals surface area (Å²) in [4.78, 5) is 34.6. The number of carbonyl (C=O) groups is 2. The molecule has 2 bridgehead atoms. The van der Waals surface area contributed by atoms with Gasteiger partial charge < -0.3 is 0 Å². The van der Waals surface area contributed by atoms with Crippen molar-refractivity contribution < 1.29 is 9.59 Å². The molecule has 5 aromatic rings. The van der Waals surface area contributed by atoms with E-state index < -0.39 is 17.3 Å². The lowest BCUT2D eigenvalue weighted by Crippen LogP contribution is -2.54. The van der Waals surface area contributed by atoms with Crippen molar-refractivity contribution >= 4 is 44.7 Å². The Hall–Kier alpha value is -4.62. The van der Waals surface area contributed by atoms with Crippen LogP contribution in [-0.4, -0.2) is 27.9 Å². The number of benzene rings is 4. The topological polar surface area (TPSA) is 74.7 Å². The van der Waals surface area contributed by atoms with Gasteiger partial charge in [0.25, 0.3) is 0 Å². The van der Waals surface area contributed by atoms with E-state index >= 15 is 0 Å². The number of hydrazone groups is 1. The Bertz CT molecular complexity index is 1770. The molecule has 0 saturated carbocycles. The van der Waals surface area contributed by atoms with Gasteiger partial charge in [0, 0.05) is 12.1 Å². The molecule has 6 nitrogen and oxygen atoms in total. The Morgan fingerprint density at radius 1 is 0.825 bits per heavy atom. The molecule has 1 N–H and O–H groups in total. The molecule has 1 aromatic heterocycles. The fourth-order valence-electron chi connectivity index (χ4n) is 7.14. The maximum absolute atomic E-state index is 14.3. The molecular formula is C33H24N4O2S. The first-order chi connectivity index (χ1) is 19.7. The molecule has 0 radical (unpaired) electrons. The van der Waals surface area contributed by atoms with Crippen molar-refractivity contribution in [3.05, 3.63) is 131 Å². The standard InChI is InChI=1S/C33H24N4O2S/c38-30-28-27-21-12-4-6-14-23(21)33(24-15-7-5-13-22(24)27,19-34-36-32-35-25-16-8-9-17-26(25)40-32)29(28)31(39)37(30)18-20-10-2-1-3-11-20/h1-17,19,27-29H,18H2,(H,35,36)/b34-19+. The van der Waals surface area contributed by atoms with Crippen molar-refractivity contribution in [2.75, 3.05) is 5.43 Å². The lowest BCUT2D eigenvalue weighted by atomic mass is 9.47. The van der Waals surface area contributed by atoms with Crippen molar-refractivity contribution in [1.82, 2.24) is 9.88 Å². The minimum absolute atomic E-state index is 0.107. The molecule has 0 spiro atoms. The summed E-state index contributed by atoms with van der Waals surface area (Å²) in [6.07, 6.45) is 1.86. The third-order valence-electron chi connectivity index (χ3n) is 8.68. The number of rotatable bonds is 5. The van der Waals surface area contributed by atoms with Gasteiger partial charge in [-0.3, -0.25) is 19.9 Å². The number of anilines is 1. The highest BCUT2D eigenvalue weighted by molar-refractivity contribution is 7.22. The fraction of sp³-hybridized carbons (Fsp3) is 0.152. The van der Waals surface area contributed by atoms with Crippen LogP contribution in [0.15, 0.2) is 108 Å². The quantitative estimate of drug-likeness (QED) is 0.170. The van der Waals surface area contributed by atoms with Crippen molar-refractivity contribution in [1.29, 1.82) is 0 Å².